The van der Waals surface area contributed by atoms with E-state index in [1.165, 1.54) is 0 Å². The molecule has 0 heterocycles. The van der Waals surface area contributed by atoms with Crippen LogP contribution in [0.2, 0.25) is 0 Å². The monoisotopic (exact) mass is 219 g/mol. The molecule has 0 bridgehead atoms. The van der Waals surface area contributed by atoms with Crippen LogP contribution < -0.4 is 4.74 Å². The molecule has 0 saturated heterocycles. The minimum absolute atomic E-state index is 0.340. The van der Waals surface area contributed by atoms with Gasteiger partial charge < -0.3 is 4.74 Å². The molecule has 1 rings (SSSR count). The van der Waals surface area contributed by atoms with Crippen LogP contribution in [-0.4, -0.2) is 13.2 Å². The van der Waals surface area contributed by atoms with Gasteiger partial charge in [-0.3, -0.25) is 0 Å². The Morgan fingerprint density at radius 2 is 2.12 bits per heavy atom. The average Bonchev–Trinajstić information content (AvgIpc) is 2.26. The largest absolute Gasteiger partial charge is 0.496 e. The van der Waals surface area contributed by atoms with E-state index in [0.29, 0.717) is 12.5 Å². The Labute approximate surface area is 96.2 Å². The van der Waals surface area contributed by atoms with Crippen molar-refractivity contribution < 1.29 is 9.53 Å². The maximum absolute atomic E-state index is 10.2. The molecule has 1 aromatic rings. The van der Waals surface area contributed by atoms with Crippen LogP contribution in [-0.2, 0) is 11.3 Å². The summed E-state index contributed by atoms with van der Waals surface area (Å²) in [5, 5.41) is 0. The van der Waals surface area contributed by atoms with Gasteiger partial charge in [-0.1, -0.05) is 26.0 Å². The summed E-state index contributed by atoms with van der Waals surface area (Å²) < 4.78 is 5.42. The average molecular weight is 219 g/mol. The molecule has 1 aromatic carbocycles. The van der Waals surface area contributed by atoms with E-state index in [0.717, 1.165) is 22.4 Å². The molecular formula is C13H17NO2. The SMILES string of the molecule is COc1c(C)ccc(CN=C=O)c1C(C)C. The van der Waals surface area contributed by atoms with E-state index in [2.05, 4.69) is 18.8 Å². The van der Waals surface area contributed by atoms with Gasteiger partial charge in [0.1, 0.15) is 5.75 Å². The van der Waals surface area contributed by atoms with Crippen LogP contribution in [0.5, 0.6) is 5.75 Å². The van der Waals surface area contributed by atoms with Crippen LogP contribution in [0.1, 0.15) is 36.5 Å². The lowest BCUT2D eigenvalue weighted by Crippen LogP contribution is -2.01. The number of rotatable bonds is 4. The minimum atomic E-state index is 0.340. The summed E-state index contributed by atoms with van der Waals surface area (Å²) in [7, 11) is 1.67. The lowest BCUT2D eigenvalue weighted by Gasteiger charge is -2.17. The maximum Gasteiger partial charge on any atom is 0.235 e. The molecule has 0 fully saturated rings. The van der Waals surface area contributed by atoms with E-state index in [1.54, 1.807) is 13.2 Å². The standard InChI is InChI=1S/C13H17NO2/c1-9(2)12-11(7-14-8-15)6-5-10(3)13(12)16-4/h5-6,9H,7H2,1-4H3. The van der Waals surface area contributed by atoms with Gasteiger partial charge in [-0.15, -0.1) is 0 Å². The van der Waals surface area contributed by atoms with Crippen LogP contribution in [0, 0.1) is 6.92 Å². The molecule has 0 aliphatic rings. The molecule has 0 aliphatic carbocycles. The highest BCUT2D eigenvalue weighted by Crippen LogP contribution is 2.33. The fourth-order valence-corrected chi connectivity index (χ4v) is 1.91. The third-order valence-corrected chi connectivity index (χ3v) is 2.58. The van der Waals surface area contributed by atoms with Gasteiger partial charge in [-0.2, -0.15) is 0 Å². The van der Waals surface area contributed by atoms with Crippen molar-refractivity contribution in [1.29, 1.82) is 0 Å². The summed E-state index contributed by atoms with van der Waals surface area (Å²) in [4.78, 5) is 13.8. The Morgan fingerprint density at radius 3 is 2.62 bits per heavy atom. The maximum atomic E-state index is 10.2. The molecule has 0 N–H and O–H groups in total. The second-order valence-electron chi connectivity index (χ2n) is 4.05. The van der Waals surface area contributed by atoms with Crippen LogP contribution in [0.4, 0.5) is 0 Å². The molecule has 0 unspecified atom stereocenters. The zero-order chi connectivity index (χ0) is 12.1. The molecule has 0 radical (unpaired) electrons. The van der Waals surface area contributed by atoms with E-state index in [9.17, 15) is 4.79 Å². The number of hydrogen-bond acceptors (Lipinski definition) is 3. The molecule has 0 saturated carbocycles. The van der Waals surface area contributed by atoms with E-state index in [4.69, 9.17) is 4.74 Å². The Bertz CT molecular complexity index is 418. The molecule has 3 nitrogen and oxygen atoms in total. The fourth-order valence-electron chi connectivity index (χ4n) is 1.91. The van der Waals surface area contributed by atoms with Gasteiger partial charge in [0.15, 0.2) is 0 Å². The first-order valence-corrected chi connectivity index (χ1v) is 5.31. The summed E-state index contributed by atoms with van der Waals surface area (Å²) >= 11 is 0. The highest BCUT2D eigenvalue weighted by atomic mass is 16.5. The normalized spacial score (nSPS) is 10.1. The van der Waals surface area contributed by atoms with Crippen LogP contribution in [0.25, 0.3) is 0 Å². The Kier molecular flexibility index (Phi) is 4.27. The van der Waals surface area contributed by atoms with Crippen molar-refractivity contribution in [3.63, 3.8) is 0 Å². The molecule has 0 spiro atoms. The van der Waals surface area contributed by atoms with Crippen molar-refractivity contribution in [3.05, 3.63) is 28.8 Å². The number of isocyanates is 1. The van der Waals surface area contributed by atoms with E-state index < -0.39 is 0 Å². The van der Waals surface area contributed by atoms with Gasteiger partial charge in [-0.05, 0) is 24.0 Å². The highest BCUT2D eigenvalue weighted by Gasteiger charge is 2.14. The second kappa shape index (κ2) is 5.47. The van der Waals surface area contributed by atoms with Gasteiger partial charge in [0.2, 0.25) is 6.08 Å². The summed E-state index contributed by atoms with van der Waals surface area (Å²) in [5.74, 6) is 1.24. The number of aryl methyl sites for hydroxylation is 1. The van der Waals surface area contributed by atoms with Crippen LogP contribution in [0.3, 0.4) is 0 Å². The van der Waals surface area contributed by atoms with Crippen molar-refractivity contribution >= 4 is 6.08 Å². The first-order valence-electron chi connectivity index (χ1n) is 5.31. The first-order chi connectivity index (χ1) is 7.61. The van der Waals surface area contributed by atoms with Crippen molar-refractivity contribution in [2.45, 2.75) is 33.2 Å². The topological polar surface area (TPSA) is 38.7 Å². The van der Waals surface area contributed by atoms with Crippen molar-refractivity contribution in [1.82, 2.24) is 0 Å². The second-order valence-corrected chi connectivity index (χ2v) is 4.05. The zero-order valence-electron chi connectivity index (χ0n) is 10.2. The Hall–Kier alpha value is -1.60. The van der Waals surface area contributed by atoms with Gasteiger partial charge >= 0.3 is 0 Å². The molecule has 86 valence electrons. The first kappa shape index (κ1) is 12.5. The zero-order valence-corrected chi connectivity index (χ0v) is 10.2. The Morgan fingerprint density at radius 1 is 1.44 bits per heavy atom. The number of ether oxygens (including phenoxy) is 1. The fraction of sp³-hybridized carbons (Fsp3) is 0.462. The van der Waals surface area contributed by atoms with E-state index in [1.807, 2.05) is 19.1 Å². The van der Waals surface area contributed by atoms with Gasteiger partial charge in [-0.25, -0.2) is 9.79 Å². The number of hydrogen-bond donors (Lipinski definition) is 0. The number of benzene rings is 1. The highest BCUT2D eigenvalue weighted by molar-refractivity contribution is 5.48. The third kappa shape index (κ3) is 2.50. The number of carbonyl (C=O) groups excluding carboxylic acids is 1. The predicted octanol–water partition coefficient (Wildman–Crippen LogP) is 2.96. The van der Waals surface area contributed by atoms with Gasteiger partial charge in [0, 0.05) is 5.56 Å². The van der Waals surface area contributed by atoms with Crippen molar-refractivity contribution in [2.75, 3.05) is 7.11 Å². The van der Waals surface area contributed by atoms with Crippen LogP contribution >= 0.6 is 0 Å². The third-order valence-electron chi connectivity index (χ3n) is 2.58. The number of nitrogens with zero attached hydrogens (tertiary/aromatic N) is 1. The molecule has 0 aliphatic heterocycles. The summed E-state index contributed by atoms with van der Waals surface area (Å²) in [6.07, 6.45) is 1.57. The lowest BCUT2D eigenvalue weighted by atomic mass is 9.94. The smallest absolute Gasteiger partial charge is 0.235 e. The van der Waals surface area contributed by atoms with Gasteiger partial charge in [0.25, 0.3) is 0 Å². The quantitative estimate of drug-likeness (QED) is 0.577. The number of aliphatic imine (C=N–C) groups is 1. The predicted molar refractivity (Wildman–Crippen MR) is 63.6 cm³/mol. The minimum Gasteiger partial charge on any atom is -0.496 e. The van der Waals surface area contributed by atoms with Crippen LogP contribution in [0.15, 0.2) is 17.1 Å². The molecule has 0 atom stereocenters. The summed E-state index contributed by atoms with van der Waals surface area (Å²) in [6, 6.07) is 3.98. The van der Waals surface area contributed by atoms with Crippen molar-refractivity contribution in [2.24, 2.45) is 4.99 Å². The van der Waals surface area contributed by atoms with Crippen molar-refractivity contribution in [3.8, 4) is 5.75 Å². The summed E-state index contributed by atoms with van der Waals surface area (Å²) in [6.45, 7) is 6.59. The van der Waals surface area contributed by atoms with E-state index >= 15 is 0 Å². The molecule has 0 aromatic heterocycles. The molecular weight excluding hydrogens is 202 g/mol. The van der Waals surface area contributed by atoms with E-state index in [-0.39, 0.29) is 0 Å². The molecule has 3 heteroatoms. The summed E-state index contributed by atoms with van der Waals surface area (Å²) in [5.41, 5.74) is 3.26. The molecule has 16 heavy (non-hydrogen) atoms. The molecule has 0 amide bonds. The lowest BCUT2D eigenvalue weighted by molar-refractivity contribution is 0.403. The number of methoxy groups -OCH3 is 1. The van der Waals surface area contributed by atoms with Gasteiger partial charge in [0.05, 0.1) is 13.7 Å². The Balaban J connectivity index is 3.32.